The lowest BCUT2D eigenvalue weighted by Gasteiger charge is -2.22. The highest BCUT2D eigenvalue weighted by Gasteiger charge is 2.39. The number of thiazole rings is 1. The van der Waals surface area contributed by atoms with Crippen molar-refractivity contribution in [2.24, 2.45) is 0 Å². The van der Waals surface area contributed by atoms with E-state index in [-0.39, 0.29) is 40.1 Å². The minimum Gasteiger partial charge on any atom is -0.267 e. The predicted molar refractivity (Wildman–Crippen MR) is 112 cm³/mol. The van der Waals surface area contributed by atoms with Crippen LogP contribution in [-0.4, -0.2) is 16.8 Å². The van der Waals surface area contributed by atoms with Gasteiger partial charge < -0.3 is 0 Å². The molecule has 0 radical (unpaired) electrons. The van der Waals surface area contributed by atoms with Gasteiger partial charge in [0.25, 0.3) is 11.8 Å². The lowest BCUT2D eigenvalue weighted by atomic mass is 10.0. The van der Waals surface area contributed by atoms with Gasteiger partial charge in [0.1, 0.15) is 0 Å². The highest BCUT2D eigenvalue weighted by molar-refractivity contribution is 9.10. The first-order valence-corrected chi connectivity index (χ1v) is 10.9. The van der Waals surface area contributed by atoms with Crippen LogP contribution in [0.2, 0.25) is 0 Å². The quantitative estimate of drug-likeness (QED) is 0.259. The van der Waals surface area contributed by atoms with Gasteiger partial charge in [-0.1, -0.05) is 22.0 Å². The molecule has 1 N–H and O–H groups in total. The fourth-order valence-electron chi connectivity index (χ4n) is 2.69. The van der Waals surface area contributed by atoms with Gasteiger partial charge in [-0.25, -0.2) is 4.98 Å². The topological polar surface area (TPSA) is 62.3 Å². The molecule has 5 nitrogen and oxygen atoms in total. The number of anilines is 1. The number of aromatic nitrogens is 1. The van der Waals surface area contributed by atoms with Gasteiger partial charge >= 0.3 is 18.5 Å². The Morgan fingerprint density at radius 3 is 1.89 bits per heavy atom. The number of halogens is 10. The molecular formula is C20H9BrF9N3O2S. The molecule has 36 heavy (non-hydrogen) atoms. The molecule has 0 bridgehead atoms. The van der Waals surface area contributed by atoms with Crippen molar-refractivity contribution in [3.05, 3.63) is 80.3 Å². The third-order valence-corrected chi connectivity index (χ3v) is 5.63. The number of benzene rings is 2. The Labute approximate surface area is 207 Å². The number of hydrazine groups is 1. The minimum atomic E-state index is -5.30. The van der Waals surface area contributed by atoms with Crippen molar-refractivity contribution in [2.45, 2.75) is 18.5 Å². The summed E-state index contributed by atoms with van der Waals surface area (Å²) in [5, 5.41) is -0.353. The van der Waals surface area contributed by atoms with Crippen LogP contribution in [0.4, 0.5) is 44.6 Å². The Hall–Kier alpha value is -3.14. The van der Waals surface area contributed by atoms with Gasteiger partial charge in [0.15, 0.2) is 5.69 Å². The first-order chi connectivity index (χ1) is 16.5. The standard InChI is InChI=1S/C20H9BrF9N3O2S/c21-13-3-1-2-9(6-13)15(34)32-33(17-31-14(8-36-17)20(28,29)30)16(35)10-4-11(18(22,23)24)7-12(5-10)19(25,26)27/h1-8H,(H,32,34). The summed E-state index contributed by atoms with van der Waals surface area (Å²) in [6.07, 6.45) is -15.6. The van der Waals surface area contributed by atoms with E-state index in [1.807, 2.05) is 5.43 Å². The van der Waals surface area contributed by atoms with Gasteiger partial charge in [0.05, 0.1) is 11.1 Å². The maximum Gasteiger partial charge on any atom is 0.434 e. The van der Waals surface area contributed by atoms with Crippen LogP contribution in [0.5, 0.6) is 0 Å². The van der Waals surface area contributed by atoms with Gasteiger partial charge in [-0.2, -0.15) is 44.5 Å². The Balaban J connectivity index is 2.12. The third kappa shape index (κ3) is 6.34. The molecular weight excluding hydrogens is 597 g/mol. The first kappa shape index (κ1) is 27.4. The van der Waals surface area contributed by atoms with E-state index in [0.717, 1.165) is 0 Å². The van der Waals surface area contributed by atoms with Crippen LogP contribution < -0.4 is 10.4 Å². The highest BCUT2D eigenvalue weighted by atomic mass is 79.9. The molecule has 0 aliphatic heterocycles. The summed E-state index contributed by atoms with van der Waals surface area (Å²) in [4.78, 5) is 28.9. The van der Waals surface area contributed by atoms with Crippen LogP contribution in [0.15, 0.2) is 52.3 Å². The SMILES string of the molecule is O=C(NN(C(=O)c1cc(C(F)(F)F)cc(C(F)(F)F)c1)c1nc(C(F)(F)F)cs1)c1cccc(Br)c1. The molecule has 0 spiro atoms. The summed E-state index contributed by atoms with van der Waals surface area (Å²) in [5.41, 5.74) is -4.64. The van der Waals surface area contributed by atoms with E-state index in [4.69, 9.17) is 0 Å². The van der Waals surface area contributed by atoms with Crippen LogP contribution in [-0.2, 0) is 18.5 Å². The molecule has 2 aromatic carbocycles. The average molecular weight is 606 g/mol. The molecule has 0 aliphatic rings. The number of hydrogen-bond donors (Lipinski definition) is 1. The molecule has 1 aromatic heterocycles. The molecule has 3 aromatic rings. The molecule has 0 aliphatic carbocycles. The van der Waals surface area contributed by atoms with Crippen molar-refractivity contribution in [3.63, 3.8) is 0 Å². The smallest absolute Gasteiger partial charge is 0.267 e. The van der Waals surface area contributed by atoms with Crippen LogP contribution in [0, 0.1) is 0 Å². The molecule has 0 fully saturated rings. The second-order valence-electron chi connectivity index (χ2n) is 6.90. The van der Waals surface area contributed by atoms with Crippen molar-refractivity contribution in [1.29, 1.82) is 0 Å². The highest BCUT2D eigenvalue weighted by Crippen LogP contribution is 2.37. The fourth-order valence-corrected chi connectivity index (χ4v) is 3.87. The molecule has 1 heterocycles. The average Bonchev–Trinajstić information content (AvgIpc) is 3.26. The monoisotopic (exact) mass is 605 g/mol. The van der Waals surface area contributed by atoms with E-state index < -0.39 is 57.9 Å². The number of amides is 2. The molecule has 0 unspecified atom stereocenters. The fraction of sp³-hybridized carbons (Fsp3) is 0.150. The number of hydrogen-bond acceptors (Lipinski definition) is 4. The molecule has 2 amide bonds. The van der Waals surface area contributed by atoms with Crippen molar-refractivity contribution in [2.75, 3.05) is 5.01 Å². The first-order valence-electron chi connectivity index (χ1n) is 9.20. The van der Waals surface area contributed by atoms with Crippen molar-refractivity contribution in [3.8, 4) is 0 Å². The Bertz CT molecular complexity index is 1270. The van der Waals surface area contributed by atoms with Gasteiger partial charge in [-0.15, -0.1) is 11.3 Å². The molecule has 192 valence electrons. The van der Waals surface area contributed by atoms with E-state index in [9.17, 15) is 49.1 Å². The third-order valence-electron chi connectivity index (χ3n) is 4.31. The van der Waals surface area contributed by atoms with E-state index in [2.05, 4.69) is 20.9 Å². The molecule has 16 heteroatoms. The molecule has 3 rings (SSSR count). The van der Waals surface area contributed by atoms with Crippen LogP contribution >= 0.6 is 27.3 Å². The summed E-state index contributed by atoms with van der Waals surface area (Å²) in [6.45, 7) is 0. The number of nitrogens with zero attached hydrogens (tertiary/aromatic N) is 2. The Morgan fingerprint density at radius 1 is 0.833 bits per heavy atom. The zero-order valence-electron chi connectivity index (χ0n) is 17.0. The van der Waals surface area contributed by atoms with Crippen molar-refractivity contribution in [1.82, 2.24) is 10.4 Å². The lowest BCUT2D eigenvalue weighted by molar-refractivity contribution is -0.143. The summed E-state index contributed by atoms with van der Waals surface area (Å²) >= 11 is 3.25. The molecule has 0 saturated heterocycles. The van der Waals surface area contributed by atoms with Gasteiger partial charge in [0, 0.05) is 21.0 Å². The van der Waals surface area contributed by atoms with E-state index in [1.165, 1.54) is 24.3 Å². The lowest BCUT2D eigenvalue weighted by Crippen LogP contribution is -2.46. The second kappa shape index (κ2) is 9.72. The largest absolute Gasteiger partial charge is 0.434 e. The number of nitrogens with one attached hydrogen (secondary N) is 1. The summed E-state index contributed by atoms with van der Waals surface area (Å²) in [6, 6.07) is 5.30. The molecule has 0 atom stereocenters. The number of carbonyl (C=O) groups excluding carboxylic acids is 2. The van der Waals surface area contributed by atoms with Crippen molar-refractivity contribution < 1.29 is 49.1 Å². The van der Waals surface area contributed by atoms with E-state index >= 15 is 0 Å². The maximum atomic E-state index is 13.2. The van der Waals surface area contributed by atoms with Crippen molar-refractivity contribution >= 4 is 44.2 Å². The number of carbonyl (C=O) groups is 2. The maximum absolute atomic E-state index is 13.2. The number of rotatable bonds is 3. The summed E-state index contributed by atoms with van der Waals surface area (Å²) in [5.74, 6) is -2.81. The summed E-state index contributed by atoms with van der Waals surface area (Å²) in [7, 11) is 0. The zero-order valence-corrected chi connectivity index (χ0v) is 19.4. The second-order valence-corrected chi connectivity index (χ2v) is 8.65. The van der Waals surface area contributed by atoms with Gasteiger partial charge in [-0.05, 0) is 36.4 Å². The van der Waals surface area contributed by atoms with E-state index in [1.54, 1.807) is 0 Å². The Kier molecular flexibility index (Phi) is 7.41. The van der Waals surface area contributed by atoms with Crippen LogP contribution in [0.25, 0.3) is 0 Å². The predicted octanol–water partition coefficient (Wildman–Crippen LogP) is 6.95. The normalized spacial score (nSPS) is 12.4. The number of alkyl halides is 9. The molecule has 0 saturated carbocycles. The van der Waals surface area contributed by atoms with Gasteiger partial charge in [0.2, 0.25) is 5.13 Å². The van der Waals surface area contributed by atoms with Crippen LogP contribution in [0.3, 0.4) is 0 Å². The van der Waals surface area contributed by atoms with Crippen LogP contribution in [0.1, 0.15) is 37.5 Å². The van der Waals surface area contributed by atoms with Gasteiger partial charge in [-0.3, -0.25) is 15.0 Å². The Morgan fingerprint density at radius 2 is 1.42 bits per heavy atom. The van der Waals surface area contributed by atoms with E-state index in [0.29, 0.717) is 9.85 Å². The zero-order chi connectivity index (χ0) is 27.1. The summed E-state index contributed by atoms with van der Waals surface area (Å²) < 4.78 is 119. The minimum absolute atomic E-state index is 0.0544.